The van der Waals surface area contributed by atoms with Crippen molar-refractivity contribution in [3.8, 4) is 0 Å². The smallest absolute Gasteiger partial charge is 0.181 e. The fraction of sp³-hybridized carbons (Fsp3) is 1.00. The van der Waals surface area contributed by atoms with Gasteiger partial charge in [0.1, 0.15) is 0 Å². The van der Waals surface area contributed by atoms with Crippen LogP contribution in [0.1, 0.15) is 73.6 Å². The molecule has 2 aliphatic heterocycles. The van der Waals surface area contributed by atoms with Crippen LogP contribution >= 0.6 is 0 Å². The maximum absolute atomic E-state index is 10.8. The lowest BCUT2D eigenvalue weighted by atomic mass is 9.58. The van der Waals surface area contributed by atoms with Crippen LogP contribution in [0.4, 0.5) is 0 Å². The lowest BCUT2D eigenvalue weighted by molar-refractivity contribution is -0.377. The Kier molecular flexibility index (Phi) is 4.76. The van der Waals surface area contributed by atoms with E-state index in [0.717, 1.165) is 19.4 Å². The van der Waals surface area contributed by atoms with Gasteiger partial charge in [-0.3, -0.25) is 0 Å². The third-order valence-electron chi connectivity index (χ3n) is 7.77. The van der Waals surface area contributed by atoms with Gasteiger partial charge in [0.05, 0.1) is 6.61 Å². The summed E-state index contributed by atoms with van der Waals surface area (Å²) in [6, 6.07) is 0. The third kappa shape index (κ3) is 3.28. The summed E-state index contributed by atoms with van der Waals surface area (Å²) in [5, 5.41) is 14.3. The number of aliphatic hydroxyl groups is 1. The molecule has 8 atom stereocenters. The minimum Gasteiger partial charge on any atom is -0.366 e. The largest absolute Gasteiger partial charge is 0.366 e. The fourth-order valence-corrected chi connectivity index (χ4v) is 6.53. The van der Waals surface area contributed by atoms with E-state index < -0.39 is 11.6 Å². The highest BCUT2D eigenvalue weighted by Gasteiger charge is 2.83. The van der Waals surface area contributed by atoms with Gasteiger partial charge < -0.3 is 24.6 Å². The molecule has 5 nitrogen and oxygen atoms in total. The van der Waals surface area contributed by atoms with Crippen LogP contribution in [-0.2, 0) is 14.2 Å². The van der Waals surface area contributed by atoms with Crippen molar-refractivity contribution in [1.29, 1.82) is 0 Å². The lowest BCUT2D eigenvalue weighted by Gasteiger charge is -2.51. The molecule has 4 fully saturated rings. The van der Waals surface area contributed by atoms with Gasteiger partial charge in [-0.15, -0.1) is 0 Å². The van der Waals surface area contributed by atoms with Crippen LogP contribution in [0.5, 0.6) is 0 Å². The van der Waals surface area contributed by atoms with E-state index in [2.05, 4.69) is 39.9 Å². The summed E-state index contributed by atoms with van der Waals surface area (Å²) in [5.74, 6) is 0.412. The minimum atomic E-state index is -1.11. The SMILES string of the molecule is CC1CCC2C(C)C(OCCNC(C)(C)C)OC34CC23C1CCC(C)(O)O4. The minimum absolute atomic E-state index is 0.0775. The van der Waals surface area contributed by atoms with Crippen LogP contribution < -0.4 is 5.32 Å². The van der Waals surface area contributed by atoms with Crippen LogP contribution in [0, 0.1) is 29.1 Å². The van der Waals surface area contributed by atoms with Crippen LogP contribution in [-0.4, -0.2) is 41.7 Å². The molecule has 0 aromatic carbocycles. The van der Waals surface area contributed by atoms with Crippen molar-refractivity contribution in [1.82, 2.24) is 5.32 Å². The van der Waals surface area contributed by atoms with Crippen molar-refractivity contribution in [3.05, 3.63) is 0 Å². The molecule has 0 amide bonds. The summed E-state index contributed by atoms with van der Waals surface area (Å²) in [7, 11) is 0. The van der Waals surface area contributed by atoms with E-state index in [4.69, 9.17) is 14.2 Å². The summed E-state index contributed by atoms with van der Waals surface area (Å²) >= 11 is 0. The zero-order valence-electron chi connectivity index (χ0n) is 18.0. The maximum atomic E-state index is 10.8. The number of rotatable bonds is 4. The molecule has 0 radical (unpaired) electrons. The van der Waals surface area contributed by atoms with Gasteiger partial charge in [0.15, 0.2) is 17.9 Å². The molecule has 156 valence electrons. The Morgan fingerprint density at radius 3 is 2.59 bits per heavy atom. The molecule has 0 aromatic rings. The molecule has 5 heteroatoms. The van der Waals surface area contributed by atoms with Gasteiger partial charge in [-0.1, -0.05) is 20.3 Å². The highest BCUT2D eigenvalue weighted by molar-refractivity contribution is 5.24. The lowest BCUT2D eigenvalue weighted by Crippen LogP contribution is -2.54. The zero-order chi connectivity index (χ0) is 19.7. The van der Waals surface area contributed by atoms with Crippen molar-refractivity contribution in [3.63, 3.8) is 0 Å². The first-order valence-corrected chi connectivity index (χ1v) is 11.0. The Labute approximate surface area is 164 Å². The molecule has 2 N–H and O–H groups in total. The van der Waals surface area contributed by atoms with Crippen molar-refractivity contribution in [2.45, 2.75) is 97.0 Å². The molecule has 2 saturated heterocycles. The predicted molar refractivity (Wildman–Crippen MR) is 104 cm³/mol. The molecule has 4 rings (SSSR count). The van der Waals surface area contributed by atoms with E-state index in [1.807, 2.05) is 0 Å². The normalized spacial score (nSPS) is 51.9. The monoisotopic (exact) mass is 381 g/mol. The Balaban J connectivity index is 1.52. The number of nitrogens with one attached hydrogen (secondary N) is 1. The zero-order valence-corrected chi connectivity index (χ0v) is 18.0. The fourth-order valence-electron chi connectivity index (χ4n) is 6.53. The van der Waals surface area contributed by atoms with Crippen LogP contribution in [0.2, 0.25) is 0 Å². The van der Waals surface area contributed by atoms with Crippen LogP contribution in [0.15, 0.2) is 0 Å². The van der Waals surface area contributed by atoms with Crippen LogP contribution in [0.25, 0.3) is 0 Å². The van der Waals surface area contributed by atoms with E-state index in [0.29, 0.717) is 36.7 Å². The first-order chi connectivity index (χ1) is 12.5. The average Bonchev–Trinajstić information content (AvgIpc) is 3.17. The molecule has 8 unspecified atom stereocenters. The standard InChI is InChI=1S/C22H39NO4/c1-14-7-8-17-15(2)18(25-12-11-23-19(3,4)5)26-22-13-21(17,22)16(14)9-10-20(6,24)27-22/h14-18,23-24H,7-13H2,1-6H3. The quantitative estimate of drug-likeness (QED) is 0.728. The number of hydrogen-bond acceptors (Lipinski definition) is 5. The third-order valence-corrected chi connectivity index (χ3v) is 7.77. The summed E-state index contributed by atoms with van der Waals surface area (Å²) in [5.41, 5.74) is 0.163. The molecule has 0 aromatic heterocycles. The average molecular weight is 382 g/mol. The second-order valence-corrected chi connectivity index (χ2v) is 10.9. The Hall–Kier alpha value is -0.200. The van der Waals surface area contributed by atoms with E-state index in [1.165, 1.54) is 12.8 Å². The van der Waals surface area contributed by atoms with Gasteiger partial charge in [0.25, 0.3) is 0 Å². The maximum Gasteiger partial charge on any atom is 0.181 e. The van der Waals surface area contributed by atoms with Gasteiger partial charge in [0, 0.05) is 36.3 Å². The Bertz CT molecular complexity index is 573. The summed E-state index contributed by atoms with van der Waals surface area (Å²) in [6.07, 6.45) is 4.87. The highest BCUT2D eigenvalue weighted by atomic mass is 16.8. The van der Waals surface area contributed by atoms with Gasteiger partial charge in [-0.2, -0.15) is 0 Å². The van der Waals surface area contributed by atoms with E-state index >= 15 is 0 Å². The molecule has 2 heterocycles. The van der Waals surface area contributed by atoms with E-state index in [1.54, 1.807) is 6.92 Å². The summed E-state index contributed by atoms with van der Waals surface area (Å²) in [4.78, 5) is 0. The van der Waals surface area contributed by atoms with Gasteiger partial charge in [-0.25, -0.2) is 0 Å². The molecule has 2 aliphatic carbocycles. The predicted octanol–water partition coefficient (Wildman–Crippen LogP) is 3.65. The molecular formula is C22H39NO4. The van der Waals surface area contributed by atoms with Crippen LogP contribution in [0.3, 0.4) is 0 Å². The molecule has 27 heavy (non-hydrogen) atoms. The topological polar surface area (TPSA) is 60.0 Å². The van der Waals surface area contributed by atoms with Gasteiger partial charge in [-0.05, 0) is 58.3 Å². The number of ether oxygens (including phenoxy) is 3. The van der Waals surface area contributed by atoms with Gasteiger partial charge in [0.2, 0.25) is 0 Å². The highest BCUT2D eigenvalue weighted by Crippen LogP contribution is 2.78. The second kappa shape index (κ2) is 6.40. The van der Waals surface area contributed by atoms with E-state index in [9.17, 15) is 5.11 Å². The summed E-state index contributed by atoms with van der Waals surface area (Å²) < 4.78 is 19.1. The summed E-state index contributed by atoms with van der Waals surface area (Å²) in [6.45, 7) is 14.4. The first kappa shape index (κ1) is 20.1. The van der Waals surface area contributed by atoms with Crippen molar-refractivity contribution >= 4 is 0 Å². The second-order valence-electron chi connectivity index (χ2n) is 10.9. The van der Waals surface area contributed by atoms with Crippen molar-refractivity contribution < 1.29 is 19.3 Å². The molecular weight excluding hydrogens is 342 g/mol. The molecule has 2 saturated carbocycles. The first-order valence-electron chi connectivity index (χ1n) is 11.0. The molecule has 4 aliphatic rings. The van der Waals surface area contributed by atoms with Gasteiger partial charge >= 0.3 is 0 Å². The Morgan fingerprint density at radius 2 is 1.89 bits per heavy atom. The molecule has 0 bridgehead atoms. The number of hydrogen-bond donors (Lipinski definition) is 2. The van der Waals surface area contributed by atoms with Crippen molar-refractivity contribution in [2.75, 3.05) is 13.2 Å². The Morgan fingerprint density at radius 1 is 1.15 bits per heavy atom. The van der Waals surface area contributed by atoms with E-state index in [-0.39, 0.29) is 17.2 Å². The van der Waals surface area contributed by atoms with Crippen molar-refractivity contribution in [2.24, 2.45) is 29.1 Å². The molecule has 1 spiro atoms.